The number of pyridine rings is 1. The number of carboxylic acid groups (broad SMARTS) is 1. The van der Waals surface area contributed by atoms with Crippen LogP contribution < -0.4 is 20.5 Å². The van der Waals surface area contributed by atoms with Crippen molar-refractivity contribution in [3.8, 4) is 16.9 Å². The lowest BCUT2D eigenvalue weighted by Crippen LogP contribution is -2.53. The Morgan fingerprint density at radius 1 is 1.06 bits per heavy atom. The van der Waals surface area contributed by atoms with Crippen molar-refractivity contribution >= 4 is 17.6 Å². The SMILES string of the molecule is Cc1cc(C(F)(F)F)c(-c2ccc(CC(NC(=O)c3c(F)cc(N4CCOCC4C(F)(F)F)cc3F)C(=O)O)c3c2OCCC3)c(=O)n1C. The second-order valence-corrected chi connectivity index (χ2v) is 11.6. The molecule has 1 amide bonds. The largest absolute Gasteiger partial charge is 0.493 e. The number of carbonyl (C=O) groups excluding carboxylic acids is 1. The third-order valence-corrected chi connectivity index (χ3v) is 8.54. The second kappa shape index (κ2) is 13.3. The molecule has 264 valence electrons. The lowest BCUT2D eigenvalue weighted by atomic mass is 9.89. The number of aliphatic carboxylic acids is 1. The highest BCUT2D eigenvalue weighted by atomic mass is 19.4. The maximum absolute atomic E-state index is 15.1. The van der Waals surface area contributed by atoms with Gasteiger partial charge in [-0.05, 0) is 49.1 Å². The zero-order chi connectivity index (χ0) is 36.0. The Kier molecular flexibility index (Phi) is 9.69. The predicted octanol–water partition coefficient (Wildman–Crippen LogP) is 5.18. The number of aromatic nitrogens is 1. The van der Waals surface area contributed by atoms with Crippen molar-refractivity contribution in [1.29, 1.82) is 0 Å². The summed E-state index contributed by atoms with van der Waals surface area (Å²) in [6.07, 6.45) is -9.62. The van der Waals surface area contributed by atoms with Gasteiger partial charge in [0.25, 0.3) is 11.5 Å². The molecule has 17 heteroatoms. The highest BCUT2D eigenvalue weighted by molar-refractivity contribution is 5.97. The molecule has 2 aliphatic heterocycles. The molecule has 0 aliphatic carbocycles. The number of rotatable bonds is 7. The number of nitrogens with zero attached hydrogens (tertiary/aromatic N) is 2. The van der Waals surface area contributed by atoms with E-state index < -0.39 is 88.9 Å². The molecule has 0 radical (unpaired) electrons. The maximum Gasteiger partial charge on any atom is 0.417 e. The minimum absolute atomic E-state index is 0.0571. The van der Waals surface area contributed by atoms with E-state index in [4.69, 9.17) is 9.47 Å². The highest BCUT2D eigenvalue weighted by Gasteiger charge is 2.46. The van der Waals surface area contributed by atoms with Crippen LogP contribution in [0, 0.1) is 18.6 Å². The monoisotopic (exact) mass is 703 g/mol. The number of nitrogens with one attached hydrogen (secondary N) is 1. The number of anilines is 1. The van der Waals surface area contributed by atoms with Crippen molar-refractivity contribution in [3.63, 3.8) is 0 Å². The van der Waals surface area contributed by atoms with Gasteiger partial charge >= 0.3 is 18.3 Å². The number of hydrogen-bond acceptors (Lipinski definition) is 6. The van der Waals surface area contributed by atoms with E-state index >= 15 is 8.78 Å². The Labute approximate surface area is 273 Å². The van der Waals surface area contributed by atoms with E-state index in [0.29, 0.717) is 23.5 Å². The van der Waals surface area contributed by atoms with Gasteiger partial charge < -0.3 is 29.4 Å². The van der Waals surface area contributed by atoms with E-state index in [9.17, 15) is 45.8 Å². The molecule has 5 rings (SSSR count). The molecule has 3 heterocycles. The number of fused-ring (bicyclic) bond motifs is 1. The number of morpholine rings is 1. The number of alkyl halides is 6. The fraction of sp³-hybridized carbons (Fsp3) is 0.406. The summed E-state index contributed by atoms with van der Waals surface area (Å²) < 4.78 is 125. The first-order valence-corrected chi connectivity index (χ1v) is 14.9. The summed E-state index contributed by atoms with van der Waals surface area (Å²) in [5.74, 6) is -6.30. The van der Waals surface area contributed by atoms with E-state index in [1.54, 1.807) is 0 Å². The molecule has 2 unspecified atom stereocenters. The van der Waals surface area contributed by atoms with Gasteiger partial charge in [0.1, 0.15) is 35.0 Å². The molecule has 0 saturated carbocycles. The summed E-state index contributed by atoms with van der Waals surface area (Å²) in [6, 6.07) is 0.347. The van der Waals surface area contributed by atoms with Gasteiger partial charge in [0.05, 0.1) is 30.9 Å². The van der Waals surface area contributed by atoms with Gasteiger partial charge in [-0.3, -0.25) is 9.59 Å². The van der Waals surface area contributed by atoms with Crippen LogP contribution in [0.15, 0.2) is 35.1 Å². The van der Waals surface area contributed by atoms with Gasteiger partial charge in [-0.2, -0.15) is 26.3 Å². The van der Waals surface area contributed by atoms with Crippen LogP contribution >= 0.6 is 0 Å². The van der Waals surface area contributed by atoms with Crippen LogP contribution in [-0.2, 0) is 35.6 Å². The van der Waals surface area contributed by atoms with Crippen molar-refractivity contribution in [2.45, 2.75) is 50.6 Å². The number of amides is 1. The van der Waals surface area contributed by atoms with Crippen molar-refractivity contribution in [1.82, 2.24) is 9.88 Å². The van der Waals surface area contributed by atoms with Crippen molar-refractivity contribution in [2.24, 2.45) is 7.05 Å². The summed E-state index contributed by atoms with van der Waals surface area (Å²) in [6.45, 7) is 0.141. The molecule has 3 aromatic rings. The number of carboxylic acids is 1. The Balaban J connectivity index is 1.47. The summed E-state index contributed by atoms with van der Waals surface area (Å²) >= 11 is 0. The smallest absolute Gasteiger partial charge is 0.417 e. The van der Waals surface area contributed by atoms with Gasteiger partial charge in [-0.25, -0.2) is 13.6 Å². The number of ether oxygens (including phenoxy) is 2. The molecule has 2 N–H and O–H groups in total. The molecule has 1 aromatic heterocycles. The molecule has 1 saturated heterocycles. The summed E-state index contributed by atoms with van der Waals surface area (Å²) in [4.78, 5) is 39.1. The van der Waals surface area contributed by atoms with Crippen molar-refractivity contribution < 1.29 is 59.3 Å². The van der Waals surface area contributed by atoms with E-state index in [1.807, 2.05) is 5.32 Å². The van der Waals surface area contributed by atoms with E-state index in [0.717, 1.165) is 10.6 Å². The molecule has 2 atom stereocenters. The summed E-state index contributed by atoms with van der Waals surface area (Å²) in [7, 11) is 1.31. The van der Waals surface area contributed by atoms with E-state index in [2.05, 4.69) is 0 Å². The minimum atomic E-state index is -4.91. The molecule has 0 bridgehead atoms. The Morgan fingerprint density at radius 2 is 1.73 bits per heavy atom. The fourth-order valence-corrected chi connectivity index (χ4v) is 6.00. The zero-order valence-electron chi connectivity index (χ0n) is 25.9. The van der Waals surface area contributed by atoms with Gasteiger partial charge in [0.15, 0.2) is 0 Å². The quantitative estimate of drug-likeness (QED) is 0.327. The first-order chi connectivity index (χ1) is 22.9. The summed E-state index contributed by atoms with van der Waals surface area (Å²) in [5, 5.41) is 11.9. The summed E-state index contributed by atoms with van der Waals surface area (Å²) in [5.41, 5.74) is -4.15. The number of carbonyl (C=O) groups is 2. The van der Waals surface area contributed by atoms with Gasteiger partial charge in [-0.1, -0.05) is 12.1 Å². The highest BCUT2D eigenvalue weighted by Crippen LogP contribution is 2.43. The molecule has 9 nitrogen and oxygen atoms in total. The Bertz CT molecular complexity index is 1830. The molecule has 1 fully saturated rings. The van der Waals surface area contributed by atoms with Crippen LogP contribution in [0.2, 0.25) is 0 Å². The predicted molar refractivity (Wildman–Crippen MR) is 158 cm³/mol. The van der Waals surface area contributed by atoms with Crippen LogP contribution in [0.1, 0.15) is 39.2 Å². The Morgan fingerprint density at radius 3 is 2.35 bits per heavy atom. The zero-order valence-corrected chi connectivity index (χ0v) is 25.9. The molecule has 2 aromatic carbocycles. The molecule has 2 aliphatic rings. The molecular formula is C32H29F8N3O6. The van der Waals surface area contributed by atoms with Crippen LogP contribution in [0.4, 0.5) is 40.8 Å². The average Bonchev–Trinajstić information content (AvgIpc) is 3.02. The number of hydrogen-bond donors (Lipinski definition) is 2. The number of benzene rings is 2. The fourth-order valence-electron chi connectivity index (χ4n) is 6.00. The lowest BCUT2D eigenvalue weighted by molar-refractivity contribution is -0.167. The second-order valence-electron chi connectivity index (χ2n) is 11.6. The van der Waals surface area contributed by atoms with E-state index in [1.165, 1.54) is 26.1 Å². The van der Waals surface area contributed by atoms with Gasteiger partial charge in [0.2, 0.25) is 0 Å². The lowest BCUT2D eigenvalue weighted by Gasteiger charge is -2.38. The molecule has 49 heavy (non-hydrogen) atoms. The number of aryl methyl sites for hydroxylation is 1. The average molecular weight is 704 g/mol. The normalized spacial score (nSPS) is 17.3. The first kappa shape index (κ1) is 35.6. The van der Waals surface area contributed by atoms with Crippen LogP contribution in [0.3, 0.4) is 0 Å². The van der Waals surface area contributed by atoms with Crippen molar-refractivity contribution in [2.75, 3.05) is 31.3 Å². The van der Waals surface area contributed by atoms with Crippen LogP contribution in [-0.4, -0.2) is 66.2 Å². The maximum atomic E-state index is 15.1. The Hall–Kier alpha value is -4.67. The van der Waals surface area contributed by atoms with Crippen molar-refractivity contribution in [3.05, 3.63) is 80.3 Å². The van der Waals surface area contributed by atoms with Crippen LogP contribution in [0.5, 0.6) is 5.75 Å². The minimum Gasteiger partial charge on any atom is -0.493 e. The standard InChI is InChI=1S/C32H29F8N3O6/c1-15-10-20(31(35,36)37)25(29(45)42(15)2)19-6-5-16(18-4-3-8-49-27(18)19)11-23(30(46)47)41-28(44)26-21(33)12-17(13-22(26)34)43-7-9-48-14-24(43)32(38,39)40/h5-6,10,12-13,23-24H,3-4,7-9,11,14H2,1-2H3,(H,41,44)(H,46,47). The molecular weight excluding hydrogens is 674 g/mol. The topological polar surface area (TPSA) is 110 Å². The number of halogens is 8. The first-order valence-electron chi connectivity index (χ1n) is 14.9. The third-order valence-electron chi connectivity index (χ3n) is 8.54. The van der Waals surface area contributed by atoms with E-state index in [-0.39, 0.29) is 54.3 Å². The third kappa shape index (κ3) is 7.07. The van der Waals surface area contributed by atoms with Crippen LogP contribution in [0.25, 0.3) is 11.1 Å². The van der Waals surface area contributed by atoms with Gasteiger partial charge in [0, 0.05) is 37.0 Å². The van der Waals surface area contributed by atoms with Gasteiger partial charge in [-0.15, -0.1) is 0 Å². The molecule has 0 spiro atoms.